The Morgan fingerprint density at radius 2 is 1.80 bits per heavy atom. The van der Waals surface area contributed by atoms with E-state index in [1.165, 1.54) is 36.4 Å². The van der Waals surface area contributed by atoms with E-state index >= 15 is 0 Å². The summed E-state index contributed by atoms with van der Waals surface area (Å²) in [5, 5.41) is 3.17. The molecule has 158 valence electrons. The molecule has 1 atom stereocenters. The second-order valence-electron chi connectivity index (χ2n) is 6.83. The first-order chi connectivity index (χ1) is 14.3. The fourth-order valence-corrected chi connectivity index (χ4v) is 4.43. The van der Waals surface area contributed by atoms with Gasteiger partial charge >= 0.3 is 0 Å². The highest BCUT2D eigenvalue weighted by molar-refractivity contribution is 7.92. The van der Waals surface area contributed by atoms with Crippen LogP contribution in [-0.2, 0) is 14.8 Å². The first-order valence-corrected chi connectivity index (χ1v) is 11.3. The van der Waals surface area contributed by atoms with Gasteiger partial charge in [-0.15, -0.1) is 6.58 Å². The Kier molecular flexibility index (Phi) is 6.79. The van der Waals surface area contributed by atoms with Gasteiger partial charge in [-0.3, -0.25) is 14.3 Å². The third-order valence-electron chi connectivity index (χ3n) is 4.74. The summed E-state index contributed by atoms with van der Waals surface area (Å²) in [6.07, 6.45) is 2.94. The summed E-state index contributed by atoms with van der Waals surface area (Å²) in [6, 6.07) is 11.4. The van der Waals surface area contributed by atoms with Crippen LogP contribution in [0.3, 0.4) is 0 Å². The summed E-state index contributed by atoms with van der Waals surface area (Å²) in [5.74, 6) is -0.466. The molecule has 30 heavy (non-hydrogen) atoms. The molecule has 0 unspecified atom stereocenters. The number of amides is 2. The highest BCUT2D eigenvalue weighted by Gasteiger charge is 2.34. The van der Waals surface area contributed by atoms with Crippen molar-refractivity contribution in [2.45, 2.75) is 23.8 Å². The number of sulfonamides is 1. The van der Waals surface area contributed by atoms with Crippen molar-refractivity contribution in [3.63, 3.8) is 0 Å². The van der Waals surface area contributed by atoms with E-state index in [0.29, 0.717) is 35.8 Å². The number of benzene rings is 2. The van der Waals surface area contributed by atoms with Gasteiger partial charge in [0.2, 0.25) is 5.91 Å². The fraction of sp³-hybridized carbons (Fsp3) is 0.238. The smallest absolute Gasteiger partial charge is 0.261 e. The Morgan fingerprint density at radius 3 is 2.43 bits per heavy atom. The summed E-state index contributed by atoms with van der Waals surface area (Å²) in [5.41, 5.74) is 0.705. The maximum Gasteiger partial charge on any atom is 0.261 e. The molecular formula is C21H22ClN3O4S. The Morgan fingerprint density at radius 1 is 1.13 bits per heavy atom. The Bertz CT molecular complexity index is 1040. The number of hydrogen-bond acceptors (Lipinski definition) is 4. The maximum absolute atomic E-state index is 12.9. The molecule has 9 heteroatoms. The van der Waals surface area contributed by atoms with Gasteiger partial charge in [0.15, 0.2) is 0 Å². The fourth-order valence-electron chi connectivity index (χ4n) is 3.25. The third-order valence-corrected chi connectivity index (χ3v) is 6.39. The zero-order chi connectivity index (χ0) is 21.7. The topological polar surface area (TPSA) is 95.6 Å². The van der Waals surface area contributed by atoms with Crippen molar-refractivity contribution in [1.82, 2.24) is 10.2 Å². The number of nitrogens with zero attached hydrogens (tertiary/aromatic N) is 1. The molecule has 0 saturated carbocycles. The van der Waals surface area contributed by atoms with E-state index in [9.17, 15) is 18.0 Å². The van der Waals surface area contributed by atoms with Crippen LogP contribution < -0.4 is 10.0 Å². The third kappa shape index (κ3) is 5.01. The lowest BCUT2D eigenvalue weighted by atomic mass is 10.1. The summed E-state index contributed by atoms with van der Waals surface area (Å²) >= 11 is 5.80. The van der Waals surface area contributed by atoms with Crippen LogP contribution in [0.1, 0.15) is 23.2 Å². The van der Waals surface area contributed by atoms with Gasteiger partial charge in [0, 0.05) is 29.4 Å². The van der Waals surface area contributed by atoms with E-state index in [0.717, 1.165) is 6.42 Å². The molecule has 1 fully saturated rings. The van der Waals surface area contributed by atoms with Crippen LogP contribution in [0.15, 0.2) is 66.1 Å². The first-order valence-electron chi connectivity index (χ1n) is 9.40. The highest BCUT2D eigenvalue weighted by atomic mass is 35.5. The predicted octanol–water partition coefficient (Wildman–Crippen LogP) is 3.05. The van der Waals surface area contributed by atoms with Crippen molar-refractivity contribution in [2.75, 3.05) is 17.8 Å². The van der Waals surface area contributed by atoms with E-state index in [1.54, 1.807) is 23.1 Å². The molecular weight excluding hydrogens is 426 g/mol. The molecule has 2 N–H and O–H groups in total. The van der Waals surface area contributed by atoms with Gasteiger partial charge in [-0.25, -0.2) is 8.42 Å². The standard InChI is InChI=1S/C21H22ClN3O4S/c1-2-13-23-20(26)19-4-3-14-25(19)21(27)15-5-9-17(10-6-15)24-30(28,29)18-11-7-16(22)8-12-18/h2,5-12,19,24H,1,3-4,13-14H2,(H,23,26)/t19-/m0/s1. The number of carbonyl (C=O) groups excluding carboxylic acids is 2. The molecule has 2 aromatic rings. The van der Waals surface area contributed by atoms with E-state index in [-0.39, 0.29) is 16.7 Å². The van der Waals surface area contributed by atoms with Crippen LogP contribution in [0.4, 0.5) is 5.69 Å². The number of anilines is 1. The van der Waals surface area contributed by atoms with Crippen LogP contribution in [-0.4, -0.2) is 44.3 Å². The van der Waals surface area contributed by atoms with Crippen LogP contribution in [0.5, 0.6) is 0 Å². The van der Waals surface area contributed by atoms with Gasteiger partial charge in [0.05, 0.1) is 4.90 Å². The second kappa shape index (κ2) is 9.32. The lowest BCUT2D eigenvalue weighted by Crippen LogP contribution is -2.46. The second-order valence-corrected chi connectivity index (χ2v) is 8.95. The molecule has 0 radical (unpaired) electrons. The van der Waals surface area contributed by atoms with Gasteiger partial charge in [-0.1, -0.05) is 17.7 Å². The van der Waals surface area contributed by atoms with Crippen molar-refractivity contribution in [3.05, 3.63) is 71.8 Å². The predicted molar refractivity (Wildman–Crippen MR) is 116 cm³/mol. The number of likely N-dealkylation sites (tertiary alicyclic amines) is 1. The molecule has 1 saturated heterocycles. The van der Waals surface area contributed by atoms with Crippen LogP contribution in [0, 0.1) is 0 Å². The van der Waals surface area contributed by atoms with Gasteiger partial charge in [0.25, 0.3) is 15.9 Å². The molecule has 2 aromatic carbocycles. The average Bonchev–Trinajstić information content (AvgIpc) is 3.22. The van der Waals surface area contributed by atoms with Gasteiger partial charge in [-0.2, -0.15) is 0 Å². The molecule has 7 nitrogen and oxygen atoms in total. The lowest BCUT2D eigenvalue weighted by molar-refractivity contribution is -0.124. The Labute approximate surface area is 180 Å². The summed E-state index contributed by atoms with van der Waals surface area (Å²) in [6.45, 7) is 4.41. The minimum Gasteiger partial charge on any atom is -0.351 e. The number of nitrogens with one attached hydrogen (secondary N) is 2. The van der Waals surface area contributed by atoms with Gasteiger partial charge < -0.3 is 10.2 Å². The van der Waals surface area contributed by atoms with Crippen molar-refractivity contribution < 1.29 is 18.0 Å². The summed E-state index contributed by atoms with van der Waals surface area (Å²) in [7, 11) is -3.77. The first kappa shape index (κ1) is 21.9. The van der Waals surface area contributed by atoms with E-state index in [1.807, 2.05) is 0 Å². The highest BCUT2D eigenvalue weighted by Crippen LogP contribution is 2.22. The van der Waals surface area contributed by atoms with Crippen molar-refractivity contribution in [2.24, 2.45) is 0 Å². The monoisotopic (exact) mass is 447 g/mol. The summed E-state index contributed by atoms with van der Waals surface area (Å²) < 4.78 is 27.4. The molecule has 1 heterocycles. The van der Waals surface area contributed by atoms with Gasteiger partial charge in [-0.05, 0) is 61.4 Å². The van der Waals surface area contributed by atoms with Crippen LogP contribution in [0.2, 0.25) is 5.02 Å². The molecule has 0 spiro atoms. The van der Waals surface area contributed by atoms with Crippen LogP contribution >= 0.6 is 11.6 Å². The normalized spacial score (nSPS) is 16.2. The van der Waals surface area contributed by atoms with E-state index in [4.69, 9.17) is 11.6 Å². The van der Waals surface area contributed by atoms with Crippen molar-refractivity contribution in [3.8, 4) is 0 Å². The molecule has 1 aliphatic rings. The molecule has 0 aliphatic carbocycles. The SMILES string of the molecule is C=CCNC(=O)[C@@H]1CCCN1C(=O)c1ccc(NS(=O)(=O)c2ccc(Cl)cc2)cc1. The quantitative estimate of drug-likeness (QED) is 0.637. The lowest BCUT2D eigenvalue weighted by Gasteiger charge is -2.24. The Hall–Kier alpha value is -2.84. The number of carbonyl (C=O) groups is 2. The molecule has 3 rings (SSSR count). The van der Waals surface area contributed by atoms with E-state index in [2.05, 4.69) is 16.6 Å². The summed E-state index contributed by atoms with van der Waals surface area (Å²) in [4.78, 5) is 26.8. The van der Waals surface area contributed by atoms with Gasteiger partial charge in [0.1, 0.15) is 6.04 Å². The number of halogens is 1. The Balaban J connectivity index is 1.70. The van der Waals surface area contributed by atoms with Crippen molar-refractivity contribution in [1.29, 1.82) is 0 Å². The minimum atomic E-state index is -3.77. The number of rotatable bonds is 7. The maximum atomic E-state index is 12.9. The van der Waals surface area contributed by atoms with Crippen molar-refractivity contribution >= 4 is 39.1 Å². The molecule has 2 amide bonds. The molecule has 0 bridgehead atoms. The average molecular weight is 448 g/mol. The van der Waals surface area contributed by atoms with E-state index < -0.39 is 16.1 Å². The minimum absolute atomic E-state index is 0.0810. The largest absolute Gasteiger partial charge is 0.351 e. The number of hydrogen-bond donors (Lipinski definition) is 2. The zero-order valence-electron chi connectivity index (χ0n) is 16.2. The molecule has 0 aromatic heterocycles. The molecule has 1 aliphatic heterocycles. The van der Waals surface area contributed by atoms with Crippen LogP contribution in [0.25, 0.3) is 0 Å². The zero-order valence-corrected chi connectivity index (χ0v) is 17.7.